The van der Waals surface area contributed by atoms with E-state index in [2.05, 4.69) is 25.5 Å². The van der Waals surface area contributed by atoms with Gasteiger partial charge in [0.05, 0.1) is 13.2 Å². The van der Waals surface area contributed by atoms with Crippen LogP contribution >= 0.6 is 0 Å². The predicted octanol–water partition coefficient (Wildman–Crippen LogP) is 6.07. The number of carbonyl (C=O) groups is 2. The molecular formula is C20H42O4. The van der Waals surface area contributed by atoms with Crippen molar-refractivity contribution in [3.63, 3.8) is 0 Å². The summed E-state index contributed by atoms with van der Waals surface area (Å²) in [5.41, 5.74) is 0. The molecule has 4 nitrogen and oxygen atoms in total. The van der Waals surface area contributed by atoms with Crippen molar-refractivity contribution in [3.8, 4) is 0 Å². The van der Waals surface area contributed by atoms with Crippen LogP contribution in [0.4, 0.5) is 0 Å². The second-order valence-corrected chi connectivity index (χ2v) is 5.66. The molecule has 0 saturated heterocycles. The van der Waals surface area contributed by atoms with Crippen LogP contribution in [0.1, 0.15) is 106 Å². The Bertz CT molecular complexity index is 248. The summed E-state index contributed by atoms with van der Waals surface area (Å²) >= 11 is 0. The van der Waals surface area contributed by atoms with Crippen LogP contribution in [0.25, 0.3) is 0 Å². The third kappa shape index (κ3) is 37.3. The molecule has 0 rings (SSSR count). The molecule has 0 fully saturated rings. The Morgan fingerprint density at radius 3 is 1.50 bits per heavy atom. The molecule has 0 atom stereocenters. The van der Waals surface area contributed by atoms with Crippen LogP contribution in [-0.4, -0.2) is 25.2 Å². The number of esters is 2. The summed E-state index contributed by atoms with van der Waals surface area (Å²) in [5, 5.41) is 0. The Kier molecular flexibility index (Phi) is 31.0. The minimum absolute atomic E-state index is 0.0472. The minimum atomic E-state index is -0.211. The van der Waals surface area contributed by atoms with Crippen LogP contribution in [0.2, 0.25) is 0 Å². The normalized spacial score (nSPS) is 9.08. The van der Waals surface area contributed by atoms with Gasteiger partial charge in [-0.3, -0.25) is 9.59 Å². The number of ether oxygens (including phenoxy) is 2. The molecule has 0 aromatic heterocycles. The van der Waals surface area contributed by atoms with Crippen molar-refractivity contribution in [1.29, 1.82) is 0 Å². The highest BCUT2D eigenvalue weighted by molar-refractivity contribution is 5.69. The predicted molar refractivity (Wildman–Crippen MR) is 102 cm³/mol. The van der Waals surface area contributed by atoms with Gasteiger partial charge in [-0.25, -0.2) is 0 Å². The van der Waals surface area contributed by atoms with Gasteiger partial charge in [0.2, 0.25) is 0 Å². The van der Waals surface area contributed by atoms with Gasteiger partial charge in [-0.05, 0) is 19.8 Å². The molecule has 24 heavy (non-hydrogen) atoms. The van der Waals surface area contributed by atoms with Gasteiger partial charge in [0.15, 0.2) is 0 Å². The molecule has 0 N–H and O–H groups in total. The Labute approximate surface area is 150 Å². The largest absolute Gasteiger partial charge is 0.466 e. The SMILES string of the molecule is CCCCCC.CCCCCCOC(=O)CCC.CCOC(C)=O. The van der Waals surface area contributed by atoms with Crippen molar-refractivity contribution in [2.45, 2.75) is 106 Å². The Hall–Kier alpha value is -1.06. The zero-order chi connectivity index (χ0) is 19.1. The second kappa shape index (κ2) is 26.8. The van der Waals surface area contributed by atoms with Crippen LogP contribution in [0.5, 0.6) is 0 Å². The molecule has 0 aliphatic heterocycles. The highest BCUT2D eigenvalue weighted by Crippen LogP contribution is 2.00. The van der Waals surface area contributed by atoms with Gasteiger partial charge in [0.25, 0.3) is 0 Å². The lowest BCUT2D eigenvalue weighted by Crippen LogP contribution is -2.04. The lowest BCUT2D eigenvalue weighted by Gasteiger charge is -2.02. The summed E-state index contributed by atoms with van der Waals surface area (Å²) in [6, 6.07) is 0. The fraction of sp³-hybridized carbons (Fsp3) is 0.900. The van der Waals surface area contributed by atoms with Gasteiger partial charge in [-0.2, -0.15) is 0 Å². The third-order valence-corrected chi connectivity index (χ3v) is 3.02. The molecule has 146 valence electrons. The van der Waals surface area contributed by atoms with Crippen molar-refractivity contribution in [3.05, 3.63) is 0 Å². The smallest absolute Gasteiger partial charge is 0.305 e. The van der Waals surface area contributed by atoms with E-state index in [1.54, 1.807) is 6.92 Å². The highest BCUT2D eigenvalue weighted by Gasteiger charge is 1.98. The summed E-state index contributed by atoms with van der Waals surface area (Å²) in [6.45, 7) is 12.9. The summed E-state index contributed by atoms with van der Waals surface area (Å²) in [7, 11) is 0. The van der Waals surface area contributed by atoms with Gasteiger partial charge in [-0.1, -0.05) is 72.6 Å². The monoisotopic (exact) mass is 346 g/mol. The van der Waals surface area contributed by atoms with E-state index in [4.69, 9.17) is 4.74 Å². The van der Waals surface area contributed by atoms with E-state index in [0.717, 1.165) is 12.8 Å². The number of hydrogen-bond donors (Lipinski definition) is 0. The lowest BCUT2D eigenvalue weighted by molar-refractivity contribution is -0.144. The first-order chi connectivity index (χ1) is 11.5. The minimum Gasteiger partial charge on any atom is -0.466 e. The van der Waals surface area contributed by atoms with Crippen LogP contribution in [0.3, 0.4) is 0 Å². The Morgan fingerprint density at radius 2 is 1.17 bits per heavy atom. The quantitative estimate of drug-likeness (QED) is 0.337. The fourth-order valence-electron chi connectivity index (χ4n) is 1.69. The first kappa shape index (κ1) is 27.8. The Balaban J connectivity index is -0.000000309. The molecule has 0 aliphatic rings. The van der Waals surface area contributed by atoms with E-state index in [1.165, 1.54) is 51.9 Å². The van der Waals surface area contributed by atoms with E-state index in [9.17, 15) is 9.59 Å². The lowest BCUT2D eigenvalue weighted by atomic mass is 10.2. The zero-order valence-corrected chi connectivity index (χ0v) is 17.1. The maximum absolute atomic E-state index is 10.9. The van der Waals surface area contributed by atoms with Crippen LogP contribution in [0, 0.1) is 0 Å². The molecule has 0 aromatic rings. The molecule has 0 aromatic carbocycles. The van der Waals surface area contributed by atoms with Crippen LogP contribution in [0.15, 0.2) is 0 Å². The number of carbonyl (C=O) groups excluding carboxylic acids is 2. The van der Waals surface area contributed by atoms with Gasteiger partial charge < -0.3 is 9.47 Å². The standard InChI is InChI=1S/C10H20O2.C6H14.C4H8O2/c1-3-5-6-7-9-12-10(11)8-4-2;1-3-5-6-4-2;1-3-6-4(2)5/h3-9H2,1-2H3;3-6H2,1-2H3;3H2,1-2H3. The van der Waals surface area contributed by atoms with E-state index >= 15 is 0 Å². The molecule has 0 spiro atoms. The van der Waals surface area contributed by atoms with Gasteiger partial charge in [0, 0.05) is 13.3 Å². The first-order valence-electron chi connectivity index (χ1n) is 9.78. The summed E-state index contributed by atoms with van der Waals surface area (Å²) < 4.78 is 9.39. The molecule has 0 unspecified atom stereocenters. The fourth-order valence-corrected chi connectivity index (χ4v) is 1.69. The zero-order valence-electron chi connectivity index (χ0n) is 17.1. The van der Waals surface area contributed by atoms with Crippen molar-refractivity contribution < 1.29 is 19.1 Å². The van der Waals surface area contributed by atoms with E-state index in [-0.39, 0.29) is 11.9 Å². The van der Waals surface area contributed by atoms with E-state index < -0.39 is 0 Å². The number of rotatable bonds is 11. The number of hydrogen-bond acceptors (Lipinski definition) is 4. The average Bonchev–Trinajstić information content (AvgIpc) is 2.54. The molecule has 0 bridgehead atoms. The van der Waals surface area contributed by atoms with E-state index in [0.29, 0.717) is 19.6 Å². The molecular weight excluding hydrogens is 304 g/mol. The molecule has 0 saturated carbocycles. The first-order valence-corrected chi connectivity index (χ1v) is 9.78. The molecule has 0 heterocycles. The number of unbranched alkanes of at least 4 members (excludes halogenated alkanes) is 6. The van der Waals surface area contributed by atoms with Crippen molar-refractivity contribution >= 4 is 11.9 Å². The van der Waals surface area contributed by atoms with Gasteiger partial charge >= 0.3 is 11.9 Å². The van der Waals surface area contributed by atoms with Gasteiger partial charge in [0.1, 0.15) is 0 Å². The van der Waals surface area contributed by atoms with E-state index in [1.807, 2.05) is 6.92 Å². The van der Waals surface area contributed by atoms with Crippen molar-refractivity contribution in [2.75, 3.05) is 13.2 Å². The molecule has 0 amide bonds. The maximum Gasteiger partial charge on any atom is 0.305 e. The molecule has 0 radical (unpaired) electrons. The van der Waals surface area contributed by atoms with Crippen molar-refractivity contribution in [2.24, 2.45) is 0 Å². The third-order valence-electron chi connectivity index (χ3n) is 3.02. The summed E-state index contributed by atoms with van der Waals surface area (Å²) in [6.07, 6.45) is 11.6. The topological polar surface area (TPSA) is 52.6 Å². The van der Waals surface area contributed by atoms with Crippen LogP contribution < -0.4 is 0 Å². The highest BCUT2D eigenvalue weighted by atomic mass is 16.5. The average molecular weight is 347 g/mol. The second-order valence-electron chi connectivity index (χ2n) is 5.66. The summed E-state index contributed by atoms with van der Waals surface area (Å²) in [4.78, 5) is 20.7. The van der Waals surface area contributed by atoms with Crippen molar-refractivity contribution in [1.82, 2.24) is 0 Å². The molecule has 4 heteroatoms. The van der Waals surface area contributed by atoms with Gasteiger partial charge in [-0.15, -0.1) is 0 Å². The van der Waals surface area contributed by atoms with Crippen LogP contribution in [-0.2, 0) is 19.1 Å². The molecule has 0 aliphatic carbocycles. The Morgan fingerprint density at radius 1 is 0.667 bits per heavy atom. The maximum atomic E-state index is 10.9. The summed E-state index contributed by atoms with van der Waals surface area (Å²) in [5.74, 6) is -0.258.